The van der Waals surface area contributed by atoms with Crippen molar-refractivity contribution in [2.24, 2.45) is 10.4 Å². The molecule has 0 aliphatic carbocycles. The fourth-order valence-electron chi connectivity index (χ4n) is 1.97. The molecule has 1 unspecified atom stereocenters. The van der Waals surface area contributed by atoms with E-state index in [1.807, 2.05) is 20.8 Å². The van der Waals surface area contributed by atoms with Crippen molar-refractivity contribution < 1.29 is 9.84 Å². The predicted molar refractivity (Wildman–Crippen MR) is 89.8 cm³/mol. The molecule has 5 heteroatoms. The van der Waals surface area contributed by atoms with E-state index in [0.29, 0.717) is 25.9 Å². The molecular formula is C16H35N3O2. The summed E-state index contributed by atoms with van der Waals surface area (Å²) >= 11 is 0. The number of nitrogens with zero attached hydrogens (tertiary/aromatic N) is 1. The highest BCUT2D eigenvalue weighted by Gasteiger charge is 2.25. The van der Waals surface area contributed by atoms with Gasteiger partial charge in [0.25, 0.3) is 0 Å². The van der Waals surface area contributed by atoms with Crippen molar-refractivity contribution in [2.45, 2.75) is 66.1 Å². The van der Waals surface area contributed by atoms with Crippen molar-refractivity contribution in [1.82, 2.24) is 10.6 Å². The molecule has 0 saturated heterocycles. The number of nitrogens with one attached hydrogen (secondary N) is 2. The second kappa shape index (κ2) is 9.26. The highest BCUT2D eigenvalue weighted by atomic mass is 16.5. The third-order valence-corrected chi connectivity index (χ3v) is 3.90. The van der Waals surface area contributed by atoms with Crippen LogP contribution in [0, 0.1) is 5.41 Å². The van der Waals surface area contributed by atoms with E-state index in [9.17, 15) is 5.11 Å². The molecular weight excluding hydrogens is 266 g/mol. The van der Waals surface area contributed by atoms with Gasteiger partial charge in [0.2, 0.25) is 0 Å². The highest BCUT2D eigenvalue weighted by Crippen LogP contribution is 2.21. The molecule has 0 aromatic rings. The van der Waals surface area contributed by atoms with E-state index < -0.39 is 5.60 Å². The van der Waals surface area contributed by atoms with Crippen LogP contribution in [0.25, 0.3) is 0 Å². The molecule has 0 bridgehead atoms. The molecule has 1 atom stereocenters. The molecule has 3 N–H and O–H groups in total. The van der Waals surface area contributed by atoms with Crippen LogP contribution in [0.4, 0.5) is 0 Å². The van der Waals surface area contributed by atoms with Gasteiger partial charge in [-0.15, -0.1) is 0 Å². The molecule has 0 aliphatic rings. The molecule has 0 aromatic heterocycles. The van der Waals surface area contributed by atoms with Gasteiger partial charge < -0.3 is 20.5 Å². The maximum atomic E-state index is 10.3. The Kier molecular flexibility index (Phi) is 8.90. The smallest absolute Gasteiger partial charge is 0.191 e. The summed E-state index contributed by atoms with van der Waals surface area (Å²) in [6.45, 7) is 14.3. The zero-order chi connectivity index (χ0) is 16.5. The van der Waals surface area contributed by atoms with Gasteiger partial charge in [0.15, 0.2) is 5.96 Å². The third kappa shape index (κ3) is 7.67. The van der Waals surface area contributed by atoms with Crippen LogP contribution in [-0.2, 0) is 4.74 Å². The second-order valence-corrected chi connectivity index (χ2v) is 6.60. The normalized spacial score (nSPS) is 15.0. The Labute approximate surface area is 130 Å². The standard InChI is InChI=1S/C16H35N3O2/c1-8-16(20,9-2)12-19-14(17-10-3)18-11-13(21-7)15(4,5)6/h13,20H,8-12H2,1-7H3,(H2,17,18,19). The summed E-state index contributed by atoms with van der Waals surface area (Å²) in [4.78, 5) is 4.50. The maximum absolute atomic E-state index is 10.3. The number of guanidine groups is 1. The first kappa shape index (κ1) is 20.2. The van der Waals surface area contributed by atoms with Crippen molar-refractivity contribution >= 4 is 5.96 Å². The zero-order valence-corrected chi connectivity index (χ0v) is 14.9. The summed E-state index contributed by atoms with van der Waals surface area (Å²) in [6, 6.07) is 0. The molecule has 0 aromatic carbocycles. The number of hydrogen-bond acceptors (Lipinski definition) is 3. The SMILES string of the molecule is CCNC(=NCC(O)(CC)CC)NCC(OC)C(C)(C)C. The van der Waals surface area contributed by atoms with Crippen molar-refractivity contribution in [1.29, 1.82) is 0 Å². The minimum absolute atomic E-state index is 0.0622. The van der Waals surface area contributed by atoms with Gasteiger partial charge in [0.1, 0.15) is 0 Å². The summed E-state index contributed by atoms with van der Waals surface area (Å²) in [5, 5.41) is 16.8. The lowest BCUT2D eigenvalue weighted by atomic mass is 9.89. The Morgan fingerprint density at radius 3 is 2.10 bits per heavy atom. The maximum Gasteiger partial charge on any atom is 0.191 e. The van der Waals surface area contributed by atoms with Gasteiger partial charge in [-0.25, -0.2) is 0 Å². The molecule has 21 heavy (non-hydrogen) atoms. The van der Waals surface area contributed by atoms with E-state index in [4.69, 9.17) is 4.74 Å². The van der Waals surface area contributed by atoms with Gasteiger partial charge in [-0.05, 0) is 25.2 Å². The van der Waals surface area contributed by atoms with Crippen LogP contribution in [0.5, 0.6) is 0 Å². The first-order chi connectivity index (χ1) is 9.72. The molecule has 0 amide bonds. The van der Waals surface area contributed by atoms with E-state index in [0.717, 1.165) is 12.5 Å². The first-order valence-electron chi connectivity index (χ1n) is 7.99. The van der Waals surface area contributed by atoms with Crippen LogP contribution < -0.4 is 10.6 Å². The number of ether oxygens (including phenoxy) is 1. The molecule has 126 valence electrons. The van der Waals surface area contributed by atoms with Crippen molar-refractivity contribution in [3.05, 3.63) is 0 Å². The molecule has 5 nitrogen and oxygen atoms in total. The topological polar surface area (TPSA) is 65.9 Å². The lowest BCUT2D eigenvalue weighted by molar-refractivity contribution is 0.0204. The van der Waals surface area contributed by atoms with Gasteiger partial charge in [0, 0.05) is 20.2 Å². The molecule has 0 fully saturated rings. The van der Waals surface area contributed by atoms with E-state index in [1.165, 1.54) is 0 Å². The first-order valence-corrected chi connectivity index (χ1v) is 7.99. The van der Waals surface area contributed by atoms with Crippen LogP contribution in [0.1, 0.15) is 54.4 Å². The van der Waals surface area contributed by atoms with Crippen LogP contribution in [0.2, 0.25) is 0 Å². The molecule has 0 heterocycles. The molecule has 0 spiro atoms. The second-order valence-electron chi connectivity index (χ2n) is 6.60. The van der Waals surface area contributed by atoms with E-state index in [2.05, 4.69) is 36.4 Å². The highest BCUT2D eigenvalue weighted by molar-refractivity contribution is 5.79. The third-order valence-electron chi connectivity index (χ3n) is 3.90. The van der Waals surface area contributed by atoms with Crippen molar-refractivity contribution in [3.8, 4) is 0 Å². The summed E-state index contributed by atoms with van der Waals surface area (Å²) < 4.78 is 5.54. The fourth-order valence-corrected chi connectivity index (χ4v) is 1.97. The van der Waals surface area contributed by atoms with Gasteiger partial charge in [-0.1, -0.05) is 34.6 Å². The van der Waals surface area contributed by atoms with E-state index in [1.54, 1.807) is 7.11 Å². The molecule has 0 saturated carbocycles. The van der Waals surface area contributed by atoms with Gasteiger partial charge in [-0.3, -0.25) is 4.99 Å². The molecule has 0 aliphatic heterocycles. The Balaban J connectivity index is 4.69. The zero-order valence-electron chi connectivity index (χ0n) is 14.9. The average Bonchev–Trinajstić information content (AvgIpc) is 2.43. The Hall–Kier alpha value is -0.810. The Bertz CT molecular complexity index is 307. The predicted octanol–water partition coefficient (Wildman–Crippen LogP) is 2.15. The summed E-state index contributed by atoms with van der Waals surface area (Å²) in [5.41, 5.74) is -0.653. The molecule has 0 rings (SSSR count). The van der Waals surface area contributed by atoms with Gasteiger partial charge in [-0.2, -0.15) is 0 Å². The lowest BCUT2D eigenvalue weighted by Gasteiger charge is -2.30. The summed E-state index contributed by atoms with van der Waals surface area (Å²) in [5.74, 6) is 0.726. The minimum atomic E-state index is -0.715. The molecule has 0 radical (unpaired) electrons. The van der Waals surface area contributed by atoms with Crippen LogP contribution in [0.3, 0.4) is 0 Å². The Morgan fingerprint density at radius 1 is 1.14 bits per heavy atom. The number of aliphatic hydroxyl groups is 1. The average molecular weight is 301 g/mol. The minimum Gasteiger partial charge on any atom is -0.388 e. The van der Waals surface area contributed by atoms with Crippen LogP contribution >= 0.6 is 0 Å². The van der Waals surface area contributed by atoms with Crippen LogP contribution in [0.15, 0.2) is 4.99 Å². The van der Waals surface area contributed by atoms with Crippen molar-refractivity contribution in [3.63, 3.8) is 0 Å². The van der Waals surface area contributed by atoms with Crippen LogP contribution in [-0.4, -0.2) is 49.5 Å². The Morgan fingerprint density at radius 2 is 1.71 bits per heavy atom. The summed E-state index contributed by atoms with van der Waals surface area (Å²) in [6.07, 6.45) is 1.50. The number of aliphatic imine (C=N–C) groups is 1. The monoisotopic (exact) mass is 301 g/mol. The van der Waals surface area contributed by atoms with Crippen molar-refractivity contribution in [2.75, 3.05) is 26.7 Å². The van der Waals surface area contributed by atoms with E-state index in [-0.39, 0.29) is 11.5 Å². The number of rotatable bonds is 8. The number of hydrogen-bond donors (Lipinski definition) is 3. The van der Waals surface area contributed by atoms with Gasteiger partial charge in [0.05, 0.1) is 18.2 Å². The fraction of sp³-hybridized carbons (Fsp3) is 0.938. The number of methoxy groups -OCH3 is 1. The van der Waals surface area contributed by atoms with Gasteiger partial charge >= 0.3 is 0 Å². The quantitative estimate of drug-likeness (QED) is 0.475. The largest absolute Gasteiger partial charge is 0.388 e. The summed E-state index contributed by atoms with van der Waals surface area (Å²) in [7, 11) is 1.73. The lowest BCUT2D eigenvalue weighted by Crippen LogP contribution is -2.46. The van der Waals surface area contributed by atoms with E-state index >= 15 is 0 Å².